The van der Waals surface area contributed by atoms with E-state index < -0.39 is 0 Å². The lowest BCUT2D eigenvalue weighted by Crippen LogP contribution is -2.32. The molecule has 102 valence electrons. The number of nitrogens with two attached hydrogens (primary N) is 1. The van der Waals surface area contributed by atoms with E-state index in [-0.39, 0.29) is 12.1 Å². The number of aromatic nitrogens is 2. The van der Waals surface area contributed by atoms with Gasteiger partial charge in [0, 0.05) is 19.3 Å². The number of rotatable bonds is 5. The minimum Gasteiger partial charge on any atom is -0.381 e. The van der Waals surface area contributed by atoms with Crippen LogP contribution in [0.5, 0.6) is 0 Å². The SMILES string of the molecule is CC(C)n1ncc(Cl)c1C(CC1CCOC1)NN. The molecule has 0 aromatic carbocycles. The van der Waals surface area contributed by atoms with Gasteiger partial charge in [0.1, 0.15) is 0 Å². The van der Waals surface area contributed by atoms with E-state index in [4.69, 9.17) is 22.2 Å². The molecule has 1 aromatic rings. The van der Waals surface area contributed by atoms with Crippen molar-refractivity contribution in [1.82, 2.24) is 15.2 Å². The summed E-state index contributed by atoms with van der Waals surface area (Å²) in [5, 5.41) is 4.99. The molecular formula is C12H21ClN4O. The van der Waals surface area contributed by atoms with Crippen LogP contribution in [-0.2, 0) is 4.74 Å². The molecule has 1 fully saturated rings. The standard InChI is InChI=1S/C12H21ClN4O/c1-8(2)17-12(10(13)6-15-17)11(16-14)5-9-3-4-18-7-9/h6,8-9,11,16H,3-5,7,14H2,1-2H3. The van der Waals surface area contributed by atoms with Gasteiger partial charge in [-0.3, -0.25) is 16.0 Å². The molecule has 2 atom stereocenters. The van der Waals surface area contributed by atoms with Gasteiger partial charge in [0.25, 0.3) is 0 Å². The zero-order chi connectivity index (χ0) is 13.1. The maximum atomic E-state index is 6.24. The van der Waals surface area contributed by atoms with Gasteiger partial charge in [-0.2, -0.15) is 5.10 Å². The van der Waals surface area contributed by atoms with Crippen LogP contribution < -0.4 is 11.3 Å². The summed E-state index contributed by atoms with van der Waals surface area (Å²) in [4.78, 5) is 0. The van der Waals surface area contributed by atoms with Crippen LogP contribution in [0.4, 0.5) is 0 Å². The van der Waals surface area contributed by atoms with Crippen molar-refractivity contribution < 1.29 is 4.74 Å². The van der Waals surface area contributed by atoms with Gasteiger partial charge in [0.15, 0.2) is 0 Å². The molecule has 6 heteroatoms. The van der Waals surface area contributed by atoms with Crippen LogP contribution in [-0.4, -0.2) is 23.0 Å². The van der Waals surface area contributed by atoms with Crippen LogP contribution in [0.1, 0.15) is 44.5 Å². The molecule has 0 radical (unpaired) electrons. The zero-order valence-electron chi connectivity index (χ0n) is 10.9. The van der Waals surface area contributed by atoms with Crippen molar-refractivity contribution in [2.24, 2.45) is 11.8 Å². The second-order valence-corrected chi connectivity index (χ2v) is 5.51. The van der Waals surface area contributed by atoms with Gasteiger partial charge in [-0.25, -0.2) is 0 Å². The van der Waals surface area contributed by atoms with E-state index in [9.17, 15) is 0 Å². The lowest BCUT2D eigenvalue weighted by Gasteiger charge is -2.22. The molecule has 18 heavy (non-hydrogen) atoms. The monoisotopic (exact) mass is 272 g/mol. The molecule has 0 aliphatic carbocycles. The Bertz CT molecular complexity index is 387. The highest BCUT2D eigenvalue weighted by molar-refractivity contribution is 6.31. The molecule has 0 amide bonds. The minimum atomic E-state index is 0.0223. The van der Waals surface area contributed by atoms with Crippen molar-refractivity contribution in [2.75, 3.05) is 13.2 Å². The summed E-state index contributed by atoms with van der Waals surface area (Å²) < 4.78 is 7.34. The molecule has 3 N–H and O–H groups in total. The van der Waals surface area contributed by atoms with Crippen molar-refractivity contribution in [3.63, 3.8) is 0 Å². The molecular weight excluding hydrogens is 252 g/mol. The molecule has 1 aliphatic heterocycles. The van der Waals surface area contributed by atoms with Crippen molar-refractivity contribution in [3.05, 3.63) is 16.9 Å². The van der Waals surface area contributed by atoms with Gasteiger partial charge < -0.3 is 4.74 Å². The Kier molecular flexibility index (Phi) is 4.61. The second-order valence-electron chi connectivity index (χ2n) is 5.10. The second kappa shape index (κ2) is 6.02. The number of ether oxygens (including phenoxy) is 1. The van der Waals surface area contributed by atoms with E-state index in [0.717, 1.165) is 31.7 Å². The fourth-order valence-corrected chi connectivity index (χ4v) is 2.71. The van der Waals surface area contributed by atoms with E-state index in [1.165, 1.54) is 0 Å². The van der Waals surface area contributed by atoms with Crippen LogP contribution in [0, 0.1) is 5.92 Å². The van der Waals surface area contributed by atoms with Crippen molar-refractivity contribution in [1.29, 1.82) is 0 Å². The lowest BCUT2D eigenvalue weighted by molar-refractivity contribution is 0.181. The van der Waals surface area contributed by atoms with Crippen LogP contribution in [0.15, 0.2) is 6.20 Å². The average Bonchev–Trinajstić information content (AvgIpc) is 2.95. The highest BCUT2D eigenvalue weighted by Gasteiger charge is 2.26. The summed E-state index contributed by atoms with van der Waals surface area (Å²) in [7, 11) is 0. The van der Waals surface area contributed by atoms with E-state index in [2.05, 4.69) is 24.4 Å². The first kappa shape index (κ1) is 13.8. The topological polar surface area (TPSA) is 65.1 Å². The molecule has 1 aromatic heterocycles. The molecule has 0 saturated carbocycles. The van der Waals surface area contributed by atoms with E-state index in [0.29, 0.717) is 10.9 Å². The van der Waals surface area contributed by atoms with Crippen molar-refractivity contribution in [2.45, 2.75) is 38.8 Å². The zero-order valence-corrected chi connectivity index (χ0v) is 11.7. The predicted molar refractivity (Wildman–Crippen MR) is 71.2 cm³/mol. The van der Waals surface area contributed by atoms with Gasteiger partial charge >= 0.3 is 0 Å². The number of hydrogen-bond donors (Lipinski definition) is 2. The fourth-order valence-electron chi connectivity index (χ4n) is 2.45. The summed E-state index contributed by atoms with van der Waals surface area (Å²) in [5.41, 5.74) is 3.84. The molecule has 2 heterocycles. The maximum Gasteiger partial charge on any atom is 0.0834 e. The molecule has 1 saturated heterocycles. The number of nitrogens with zero attached hydrogens (tertiary/aromatic N) is 2. The Morgan fingerprint density at radius 3 is 3.00 bits per heavy atom. The normalized spacial score (nSPS) is 21.7. The van der Waals surface area contributed by atoms with Gasteiger partial charge in [0.05, 0.1) is 23.0 Å². The maximum absolute atomic E-state index is 6.24. The summed E-state index contributed by atoms with van der Waals surface area (Å²) >= 11 is 6.24. The average molecular weight is 273 g/mol. The van der Waals surface area contributed by atoms with Gasteiger partial charge in [0.2, 0.25) is 0 Å². The molecule has 2 unspecified atom stereocenters. The Balaban J connectivity index is 2.17. The fraction of sp³-hybridized carbons (Fsp3) is 0.750. The molecule has 0 spiro atoms. The van der Waals surface area contributed by atoms with Crippen molar-refractivity contribution >= 4 is 11.6 Å². The van der Waals surface area contributed by atoms with Gasteiger partial charge in [-0.1, -0.05) is 11.6 Å². The number of halogens is 1. The van der Waals surface area contributed by atoms with E-state index >= 15 is 0 Å². The highest BCUT2D eigenvalue weighted by Crippen LogP contribution is 2.31. The van der Waals surface area contributed by atoms with Crippen LogP contribution >= 0.6 is 11.6 Å². The summed E-state index contributed by atoms with van der Waals surface area (Å²) in [6.07, 6.45) is 3.70. The Morgan fingerprint density at radius 1 is 1.67 bits per heavy atom. The van der Waals surface area contributed by atoms with Gasteiger partial charge in [-0.15, -0.1) is 0 Å². The minimum absolute atomic E-state index is 0.0223. The number of hydrazine groups is 1. The third kappa shape index (κ3) is 2.85. The lowest BCUT2D eigenvalue weighted by atomic mass is 9.97. The molecule has 2 rings (SSSR count). The first-order chi connectivity index (χ1) is 8.63. The first-order valence-electron chi connectivity index (χ1n) is 6.40. The third-order valence-electron chi connectivity index (χ3n) is 3.40. The quantitative estimate of drug-likeness (QED) is 0.636. The number of nitrogens with one attached hydrogen (secondary N) is 1. The van der Waals surface area contributed by atoms with Crippen LogP contribution in [0.25, 0.3) is 0 Å². The smallest absolute Gasteiger partial charge is 0.0834 e. The Morgan fingerprint density at radius 2 is 2.44 bits per heavy atom. The van der Waals surface area contributed by atoms with Crippen LogP contribution in [0.2, 0.25) is 5.02 Å². The first-order valence-corrected chi connectivity index (χ1v) is 6.78. The molecule has 0 bridgehead atoms. The Hall–Kier alpha value is -0.620. The van der Waals surface area contributed by atoms with Crippen LogP contribution in [0.3, 0.4) is 0 Å². The van der Waals surface area contributed by atoms with Crippen molar-refractivity contribution in [3.8, 4) is 0 Å². The molecule has 1 aliphatic rings. The summed E-state index contributed by atoms with van der Waals surface area (Å²) in [6, 6.07) is 0.289. The summed E-state index contributed by atoms with van der Waals surface area (Å²) in [6.45, 7) is 5.82. The third-order valence-corrected chi connectivity index (χ3v) is 3.69. The predicted octanol–water partition coefficient (Wildman–Crippen LogP) is 2.05. The molecule has 5 nitrogen and oxygen atoms in total. The van der Waals surface area contributed by atoms with Gasteiger partial charge in [-0.05, 0) is 32.6 Å². The van der Waals surface area contributed by atoms with E-state index in [1.54, 1.807) is 6.20 Å². The largest absolute Gasteiger partial charge is 0.381 e. The number of hydrogen-bond acceptors (Lipinski definition) is 4. The summed E-state index contributed by atoms with van der Waals surface area (Å²) in [5.74, 6) is 6.23. The van der Waals surface area contributed by atoms with E-state index in [1.807, 2.05) is 4.68 Å². The highest BCUT2D eigenvalue weighted by atomic mass is 35.5. The Labute approximate surface area is 113 Å².